The number of hydrogen-bond donors (Lipinski definition) is 0. The molecule has 1 unspecified atom stereocenters. The summed E-state index contributed by atoms with van der Waals surface area (Å²) in [6, 6.07) is 57.6. The van der Waals surface area contributed by atoms with E-state index in [4.69, 9.17) is 15.0 Å². The fourth-order valence-corrected chi connectivity index (χ4v) is 10.7. The number of aryl methyl sites for hydroxylation is 3. The standard InChI is InChI=1S/C59H41N3/c1-2-11-36(12-3-1)52-31-27-37-21-22-38-28-32-53(61-59(38)58(37)60-52)43-26-30-46-42(35-43)24-23-41-33-40(25-29-45(41)46)39-13-10-14-44(34-39)57-56-50-18-7-5-16-48(50)47-15-4-6-17-49(47)55(56)51-19-8-9-20-54(51)62-57/h1-5,7-16,18-20,23-34,43H,6,17,21-22,35H2. The third-order valence-corrected chi connectivity index (χ3v) is 13.7. The van der Waals surface area contributed by atoms with Gasteiger partial charge in [-0.1, -0.05) is 152 Å². The molecule has 1 atom stereocenters. The molecular formula is C59H41N3. The summed E-state index contributed by atoms with van der Waals surface area (Å²) < 4.78 is 0. The molecule has 0 fully saturated rings. The summed E-state index contributed by atoms with van der Waals surface area (Å²) in [4.78, 5) is 16.0. The van der Waals surface area contributed by atoms with Crippen LogP contribution in [-0.2, 0) is 25.7 Å². The van der Waals surface area contributed by atoms with Gasteiger partial charge in [-0.3, -0.25) is 4.98 Å². The maximum atomic E-state index is 5.45. The van der Waals surface area contributed by atoms with Crippen molar-refractivity contribution in [1.82, 2.24) is 15.0 Å². The molecule has 62 heavy (non-hydrogen) atoms. The zero-order chi connectivity index (χ0) is 40.7. The number of hydrogen-bond acceptors (Lipinski definition) is 3. The summed E-state index contributed by atoms with van der Waals surface area (Å²) in [5.74, 6) is 0.203. The Bertz CT molecular complexity index is 3560. The van der Waals surface area contributed by atoms with Crippen LogP contribution in [-0.4, -0.2) is 15.0 Å². The average molecular weight is 792 g/mol. The minimum atomic E-state index is 0.203. The molecule has 3 heterocycles. The number of allylic oxidation sites excluding steroid dienone is 2. The van der Waals surface area contributed by atoms with E-state index in [-0.39, 0.29) is 5.92 Å². The van der Waals surface area contributed by atoms with E-state index >= 15 is 0 Å². The normalized spacial score (nSPS) is 15.1. The second-order valence-corrected chi connectivity index (χ2v) is 17.2. The molecule has 0 radical (unpaired) electrons. The zero-order valence-corrected chi connectivity index (χ0v) is 34.3. The zero-order valence-electron chi connectivity index (χ0n) is 34.3. The summed E-state index contributed by atoms with van der Waals surface area (Å²) in [6.45, 7) is 0. The van der Waals surface area contributed by atoms with Crippen LogP contribution in [0.4, 0.5) is 0 Å². The van der Waals surface area contributed by atoms with Crippen molar-refractivity contribution in [2.75, 3.05) is 0 Å². The van der Waals surface area contributed by atoms with Crippen molar-refractivity contribution in [1.29, 1.82) is 0 Å². The van der Waals surface area contributed by atoms with E-state index in [1.807, 2.05) is 0 Å². The van der Waals surface area contributed by atoms with Crippen molar-refractivity contribution in [3.8, 4) is 45.0 Å². The molecule has 10 aromatic rings. The minimum Gasteiger partial charge on any atom is -0.250 e. The molecule has 3 nitrogen and oxygen atoms in total. The molecule has 7 aromatic carbocycles. The van der Waals surface area contributed by atoms with Crippen LogP contribution in [0.3, 0.4) is 0 Å². The van der Waals surface area contributed by atoms with Crippen molar-refractivity contribution < 1.29 is 0 Å². The Morgan fingerprint density at radius 1 is 0.435 bits per heavy atom. The molecule has 3 heteroatoms. The maximum Gasteiger partial charge on any atom is 0.0928 e. The van der Waals surface area contributed by atoms with Gasteiger partial charge in [0.15, 0.2) is 0 Å². The number of aromatic nitrogens is 3. The fourth-order valence-electron chi connectivity index (χ4n) is 10.7. The molecule has 0 aliphatic heterocycles. The first-order valence-corrected chi connectivity index (χ1v) is 22.0. The van der Waals surface area contributed by atoms with E-state index < -0.39 is 0 Å². The Labute approximate surface area is 360 Å². The third-order valence-electron chi connectivity index (χ3n) is 13.7. The largest absolute Gasteiger partial charge is 0.250 e. The molecule has 0 amide bonds. The van der Waals surface area contributed by atoms with Gasteiger partial charge in [0, 0.05) is 33.5 Å². The van der Waals surface area contributed by atoms with Gasteiger partial charge in [0.05, 0.1) is 28.3 Å². The van der Waals surface area contributed by atoms with Crippen LogP contribution in [0, 0.1) is 0 Å². The second kappa shape index (κ2) is 14.0. The van der Waals surface area contributed by atoms with Crippen LogP contribution >= 0.6 is 0 Å². The monoisotopic (exact) mass is 791 g/mol. The van der Waals surface area contributed by atoms with Crippen LogP contribution in [0.15, 0.2) is 170 Å². The molecule has 0 saturated heterocycles. The summed E-state index contributed by atoms with van der Waals surface area (Å²) in [5.41, 5.74) is 19.0. The van der Waals surface area contributed by atoms with Gasteiger partial charge in [0.1, 0.15) is 0 Å². The lowest BCUT2D eigenvalue weighted by atomic mass is 9.83. The van der Waals surface area contributed by atoms with Gasteiger partial charge < -0.3 is 0 Å². The minimum absolute atomic E-state index is 0.203. The lowest BCUT2D eigenvalue weighted by Crippen LogP contribution is -2.12. The molecule has 292 valence electrons. The van der Waals surface area contributed by atoms with Crippen molar-refractivity contribution in [2.45, 2.75) is 38.0 Å². The van der Waals surface area contributed by atoms with E-state index in [2.05, 4.69) is 182 Å². The predicted molar refractivity (Wildman–Crippen MR) is 258 cm³/mol. The average Bonchev–Trinajstić information content (AvgIpc) is 3.35. The first-order chi connectivity index (χ1) is 30.7. The molecule has 3 aromatic heterocycles. The summed E-state index contributed by atoms with van der Waals surface area (Å²) in [5, 5.41) is 8.94. The van der Waals surface area contributed by atoms with Gasteiger partial charge in [-0.25, -0.2) is 9.97 Å². The fraction of sp³-hybridized carbons (Fsp3) is 0.102. The Morgan fingerprint density at radius 2 is 1.18 bits per heavy atom. The number of benzene rings is 7. The maximum absolute atomic E-state index is 5.45. The van der Waals surface area contributed by atoms with Crippen LogP contribution < -0.4 is 0 Å². The Balaban J connectivity index is 0.854. The number of para-hydroxylation sites is 1. The quantitative estimate of drug-likeness (QED) is 0.167. The summed E-state index contributed by atoms with van der Waals surface area (Å²) in [7, 11) is 0. The summed E-state index contributed by atoms with van der Waals surface area (Å²) in [6.07, 6.45) is 14.4. The van der Waals surface area contributed by atoms with Crippen LogP contribution in [0.25, 0.3) is 100 Å². The Kier molecular flexibility index (Phi) is 7.99. The molecule has 13 rings (SSSR count). The van der Waals surface area contributed by atoms with Crippen molar-refractivity contribution in [2.24, 2.45) is 0 Å². The lowest BCUT2D eigenvalue weighted by molar-refractivity contribution is 0.788. The molecule has 0 saturated carbocycles. The number of pyridine rings is 3. The van der Waals surface area contributed by atoms with Crippen LogP contribution in [0.1, 0.15) is 51.4 Å². The topological polar surface area (TPSA) is 38.7 Å². The van der Waals surface area contributed by atoms with Gasteiger partial charge in [-0.15, -0.1) is 0 Å². The Hall–Kier alpha value is -7.49. The highest BCUT2D eigenvalue weighted by molar-refractivity contribution is 6.24. The highest BCUT2D eigenvalue weighted by Crippen LogP contribution is 2.44. The SMILES string of the molecule is C1=Cc2c(c3c4ccccc4nc(-c4cccc(-c5ccc6c7c(ccc6c5)CC(c5ccc6c(n5)-c5nc(-c8ccccc8)ccc5CC6)C=C7)c4)c3c3ccccc23)CC1. The lowest BCUT2D eigenvalue weighted by Gasteiger charge is -2.24. The van der Waals surface area contributed by atoms with Crippen molar-refractivity contribution in [3.63, 3.8) is 0 Å². The molecule has 3 aliphatic rings. The van der Waals surface area contributed by atoms with Gasteiger partial charge in [0.2, 0.25) is 0 Å². The molecule has 3 aliphatic carbocycles. The van der Waals surface area contributed by atoms with Gasteiger partial charge in [-0.2, -0.15) is 0 Å². The van der Waals surface area contributed by atoms with Crippen LogP contribution in [0.2, 0.25) is 0 Å². The first kappa shape index (κ1) is 35.3. The van der Waals surface area contributed by atoms with E-state index in [0.717, 1.165) is 77.2 Å². The molecule has 0 bridgehead atoms. The number of nitrogens with zero attached hydrogens (tertiary/aromatic N) is 3. The second-order valence-electron chi connectivity index (χ2n) is 17.2. The highest BCUT2D eigenvalue weighted by atomic mass is 14.8. The Morgan fingerprint density at radius 3 is 2.08 bits per heavy atom. The number of rotatable bonds is 4. The summed E-state index contributed by atoms with van der Waals surface area (Å²) >= 11 is 0. The first-order valence-electron chi connectivity index (χ1n) is 22.0. The molecule has 0 N–H and O–H groups in total. The van der Waals surface area contributed by atoms with Gasteiger partial charge in [-0.05, 0) is 134 Å². The van der Waals surface area contributed by atoms with E-state index in [1.165, 1.54) is 82.2 Å². The predicted octanol–water partition coefficient (Wildman–Crippen LogP) is 14.6. The molecule has 0 spiro atoms. The van der Waals surface area contributed by atoms with E-state index in [0.29, 0.717) is 0 Å². The number of fused-ring (bicyclic) bond motifs is 14. The van der Waals surface area contributed by atoms with Gasteiger partial charge in [0.25, 0.3) is 0 Å². The van der Waals surface area contributed by atoms with Gasteiger partial charge >= 0.3 is 0 Å². The third kappa shape index (κ3) is 5.62. The van der Waals surface area contributed by atoms with Crippen molar-refractivity contribution >= 4 is 55.4 Å². The molecular weight excluding hydrogens is 751 g/mol. The van der Waals surface area contributed by atoms with Crippen LogP contribution in [0.5, 0.6) is 0 Å². The van der Waals surface area contributed by atoms with E-state index in [1.54, 1.807) is 0 Å². The van der Waals surface area contributed by atoms with Crippen molar-refractivity contribution in [3.05, 3.63) is 209 Å². The highest BCUT2D eigenvalue weighted by Gasteiger charge is 2.25. The van der Waals surface area contributed by atoms with E-state index in [9.17, 15) is 0 Å². The smallest absolute Gasteiger partial charge is 0.0928 e.